The molecule has 0 bridgehead atoms. The van der Waals surface area contributed by atoms with Crippen molar-refractivity contribution in [3.63, 3.8) is 0 Å². The zero-order valence-corrected chi connectivity index (χ0v) is 26.0. The molecule has 3 heterocycles. The number of pyridine rings is 1. The molecular formula is C35H39FN4O2S. The molecule has 0 radical (unpaired) electrons. The summed E-state index contributed by atoms with van der Waals surface area (Å²) in [5, 5.41) is 11.1. The minimum absolute atomic E-state index is 0.00954. The lowest BCUT2D eigenvalue weighted by molar-refractivity contribution is 0.0930. The predicted octanol–water partition coefficient (Wildman–Crippen LogP) is 9.18. The van der Waals surface area contributed by atoms with Gasteiger partial charge in [0.2, 0.25) is 0 Å². The summed E-state index contributed by atoms with van der Waals surface area (Å²) in [6, 6.07) is 12.5. The molecule has 1 aliphatic carbocycles. The molecule has 224 valence electrons. The second-order valence-electron chi connectivity index (χ2n) is 11.2. The average molecular weight is 599 g/mol. The highest BCUT2D eigenvalue weighted by atomic mass is 32.1. The van der Waals surface area contributed by atoms with Gasteiger partial charge in [-0.1, -0.05) is 50.6 Å². The van der Waals surface area contributed by atoms with Crippen LogP contribution in [0.25, 0.3) is 49.1 Å². The summed E-state index contributed by atoms with van der Waals surface area (Å²) in [6.45, 7) is 6.54. The number of halogens is 1. The fourth-order valence-electron chi connectivity index (χ4n) is 5.92. The van der Waals surface area contributed by atoms with Crippen LogP contribution in [0, 0.1) is 17.7 Å². The molecule has 0 spiro atoms. The van der Waals surface area contributed by atoms with Crippen molar-refractivity contribution in [1.82, 2.24) is 9.36 Å². The third kappa shape index (κ3) is 6.55. The van der Waals surface area contributed by atoms with E-state index >= 15 is 0 Å². The van der Waals surface area contributed by atoms with Crippen LogP contribution in [0.1, 0.15) is 58.4 Å². The van der Waals surface area contributed by atoms with E-state index in [1.165, 1.54) is 42.9 Å². The molecule has 5 aromatic rings. The quantitative estimate of drug-likeness (QED) is 0.190. The number of benzene rings is 2. The van der Waals surface area contributed by atoms with Crippen LogP contribution >= 0.6 is 11.5 Å². The molecule has 8 heteroatoms. The molecule has 3 aromatic heterocycles. The summed E-state index contributed by atoms with van der Waals surface area (Å²) in [4.78, 5) is 8.48. The highest BCUT2D eigenvalue weighted by Gasteiger charge is 2.23. The number of nitrogens with zero attached hydrogens (tertiary/aromatic N) is 3. The molecule has 0 aliphatic heterocycles. The van der Waals surface area contributed by atoms with Gasteiger partial charge in [-0.05, 0) is 90.9 Å². The minimum atomic E-state index is -0.297. The van der Waals surface area contributed by atoms with Crippen molar-refractivity contribution in [3.05, 3.63) is 72.3 Å². The van der Waals surface area contributed by atoms with Gasteiger partial charge in [0.25, 0.3) is 0 Å². The lowest BCUT2D eigenvalue weighted by atomic mass is 9.79. The van der Waals surface area contributed by atoms with Crippen LogP contribution in [0.3, 0.4) is 0 Å². The molecule has 6 nitrogen and oxygen atoms in total. The number of nitrogens with two attached hydrogens (primary N) is 1. The van der Waals surface area contributed by atoms with E-state index in [9.17, 15) is 9.50 Å². The van der Waals surface area contributed by atoms with E-state index in [-0.39, 0.29) is 11.9 Å². The molecule has 3 N–H and O–H groups in total. The first-order chi connectivity index (χ1) is 20.8. The largest absolute Gasteiger partial charge is 0.452 e. The van der Waals surface area contributed by atoms with E-state index in [0.717, 1.165) is 68.0 Å². The third-order valence-electron chi connectivity index (χ3n) is 8.57. The fraction of sp³-hybridized carbons (Fsp3) is 0.343. The molecule has 1 saturated carbocycles. The molecule has 43 heavy (non-hydrogen) atoms. The predicted molar refractivity (Wildman–Crippen MR) is 178 cm³/mol. The number of rotatable bonds is 6. The Morgan fingerprint density at radius 3 is 2.67 bits per heavy atom. The molecule has 1 atom stereocenters. The third-order valence-corrected chi connectivity index (χ3v) is 9.41. The summed E-state index contributed by atoms with van der Waals surface area (Å²) in [5.41, 5.74) is 10.9. The van der Waals surface area contributed by atoms with Gasteiger partial charge in [-0.25, -0.2) is 9.37 Å². The molecule has 0 amide bonds. The van der Waals surface area contributed by atoms with Crippen LogP contribution in [0.4, 0.5) is 10.2 Å². The average Bonchev–Trinajstić information content (AvgIpc) is 3.69. The highest BCUT2D eigenvalue weighted by molar-refractivity contribution is 7.14. The fourth-order valence-corrected chi connectivity index (χ4v) is 6.72. The van der Waals surface area contributed by atoms with Crippen molar-refractivity contribution in [1.29, 1.82) is 0 Å². The number of anilines is 1. The monoisotopic (exact) mass is 598 g/mol. The van der Waals surface area contributed by atoms with Gasteiger partial charge in [-0.3, -0.25) is 4.99 Å². The van der Waals surface area contributed by atoms with Gasteiger partial charge >= 0.3 is 0 Å². The first-order valence-corrected chi connectivity index (χ1v) is 15.7. The van der Waals surface area contributed by atoms with Crippen molar-refractivity contribution in [2.75, 3.05) is 12.8 Å². The smallest absolute Gasteiger partial charge is 0.177 e. The molecule has 2 aromatic carbocycles. The van der Waals surface area contributed by atoms with E-state index in [4.69, 9.17) is 10.2 Å². The SMILES string of the molecule is C/C=C(\C=NC)c1cnc(N)c2oc(-c3c(-c4cccc(F)c4)ccc4cnsc34)cc12.CCC(C)C1CCC(O)CC1. The summed E-state index contributed by atoms with van der Waals surface area (Å²) in [5.74, 6) is 2.39. The number of nitrogen functional groups attached to an aromatic ring is 1. The minimum Gasteiger partial charge on any atom is -0.452 e. The Balaban J connectivity index is 0.000000283. The zero-order chi connectivity index (χ0) is 30.5. The van der Waals surface area contributed by atoms with Gasteiger partial charge in [0.1, 0.15) is 11.6 Å². The first kappa shape index (κ1) is 30.6. The zero-order valence-electron chi connectivity index (χ0n) is 25.2. The maximum Gasteiger partial charge on any atom is 0.177 e. The van der Waals surface area contributed by atoms with E-state index < -0.39 is 0 Å². The van der Waals surface area contributed by atoms with E-state index in [1.54, 1.807) is 25.5 Å². The standard InChI is InChI=1S/C25H19FN4OS.C10H20O/c1-3-14(11-28-2)20-13-29-25(27)23-19(20)10-21(31-23)22-18(15-5-4-6-17(26)9-15)8-7-16-12-30-32-24(16)22;1-3-8(2)9-4-6-10(11)7-5-9/h3-13H,1-2H3,(H2,27,29);8-11H,3-7H2,1-2H3/b14-3+,28-11?;. The van der Waals surface area contributed by atoms with Gasteiger partial charge in [0, 0.05) is 47.6 Å². The summed E-state index contributed by atoms with van der Waals surface area (Å²) < 4.78 is 25.6. The Morgan fingerprint density at radius 1 is 1.19 bits per heavy atom. The van der Waals surface area contributed by atoms with Crippen LogP contribution in [0.2, 0.25) is 0 Å². The van der Waals surface area contributed by atoms with Crippen molar-refractivity contribution in [3.8, 4) is 22.5 Å². The molecule has 6 rings (SSSR count). The van der Waals surface area contributed by atoms with Gasteiger partial charge in [0.05, 0.1) is 10.8 Å². The number of hydrogen-bond acceptors (Lipinski definition) is 7. The Morgan fingerprint density at radius 2 is 1.98 bits per heavy atom. The Kier molecular flexibility index (Phi) is 9.68. The van der Waals surface area contributed by atoms with Gasteiger partial charge in [-0.2, -0.15) is 4.37 Å². The van der Waals surface area contributed by atoms with E-state index in [2.05, 4.69) is 28.2 Å². The number of furan rings is 1. The number of hydrogen-bond donors (Lipinski definition) is 2. The van der Waals surface area contributed by atoms with Crippen LogP contribution in [-0.2, 0) is 0 Å². The maximum atomic E-state index is 14.0. The number of fused-ring (bicyclic) bond motifs is 2. The Hall–Kier alpha value is -3.88. The lowest BCUT2D eigenvalue weighted by Crippen LogP contribution is -2.22. The van der Waals surface area contributed by atoms with Gasteiger partial charge in [0.15, 0.2) is 11.4 Å². The van der Waals surface area contributed by atoms with Crippen molar-refractivity contribution in [2.45, 2.75) is 59.0 Å². The second kappa shape index (κ2) is 13.6. The summed E-state index contributed by atoms with van der Waals surface area (Å²) >= 11 is 1.38. The number of aliphatic hydroxyl groups excluding tert-OH is 1. The first-order valence-electron chi connectivity index (χ1n) is 14.9. The number of aromatic nitrogens is 2. The molecule has 1 aliphatic rings. The topological polar surface area (TPSA) is 97.5 Å². The lowest BCUT2D eigenvalue weighted by Gasteiger charge is -2.29. The molecule has 0 saturated heterocycles. The molecule has 1 unspecified atom stereocenters. The number of aliphatic hydroxyl groups is 1. The van der Waals surface area contributed by atoms with Gasteiger partial charge < -0.3 is 15.3 Å². The summed E-state index contributed by atoms with van der Waals surface area (Å²) in [6.07, 6.45) is 13.2. The maximum absolute atomic E-state index is 14.0. The van der Waals surface area contributed by atoms with Crippen LogP contribution in [0.15, 0.2) is 70.3 Å². The van der Waals surface area contributed by atoms with Gasteiger partial charge in [-0.15, -0.1) is 0 Å². The second-order valence-corrected chi connectivity index (χ2v) is 12.0. The summed E-state index contributed by atoms with van der Waals surface area (Å²) in [7, 11) is 1.72. The van der Waals surface area contributed by atoms with E-state index in [1.807, 2.05) is 43.5 Å². The molecule has 1 fully saturated rings. The van der Waals surface area contributed by atoms with Crippen LogP contribution < -0.4 is 5.73 Å². The van der Waals surface area contributed by atoms with Crippen LogP contribution in [0.5, 0.6) is 0 Å². The molecular weight excluding hydrogens is 559 g/mol. The normalized spacial score (nSPS) is 18.2. The number of allylic oxidation sites excluding steroid dienone is 2. The van der Waals surface area contributed by atoms with Crippen molar-refractivity contribution >= 4 is 50.2 Å². The van der Waals surface area contributed by atoms with Crippen molar-refractivity contribution < 1.29 is 13.9 Å². The van der Waals surface area contributed by atoms with Crippen molar-refractivity contribution in [2.24, 2.45) is 16.8 Å². The van der Waals surface area contributed by atoms with E-state index in [0.29, 0.717) is 17.2 Å². The Labute approximate surface area is 256 Å². The number of aliphatic imine (C=N–C) groups is 1. The van der Waals surface area contributed by atoms with Crippen LogP contribution in [-0.4, -0.2) is 33.8 Å². The highest BCUT2D eigenvalue weighted by Crippen LogP contribution is 2.43. The Bertz CT molecular complexity index is 1760.